The molecule has 0 saturated carbocycles. The Bertz CT molecular complexity index is 1590. The summed E-state index contributed by atoms with van der Waals surface area (Å²) in [4.78, 5) is 22.5. The minimum absolute atomic E-state index is 0.133. The number of carbonyl (C=O) groups is 1. The van der Waals surface area contributed by atoms with Crippen LogP contribution in [0.3, 0.4) is 0 Å². The SMILES string of the molecule is COc1ccc2sc(N3CCN(CCNC(=O)c4ccccc4NS(=O)(=O)c4ccccc4)CC3)nc2c1OC. The number of nitrogens with one attached hydrogen (secondary N) is 2. The summed E-state index contributed by atoms with van der Waals surface area (Å²) in [5.74, 6) is 0.977. The number of ether oxygens (including phenoxy) is 2. The maximum Gasteiger partial charge on any atom is 0.261 e. The number of rotatable bonds is 10. The molecule has 1 aliphatic heterocycles. The number of piperazine rings is 1. The molecule has 1 fully saturated rings. The lowest BCUT2D eigenvalue weighted by atomic mass is 10.1. The van der Waals surface area contributed by atoms with E-state index in [-0.39, 0.29) is 22.1 Å². The van der Waals surface area contributed by atoms with E-state index in [4.69, 9.17) is 14.5 Å². The third-order valence-electron chi connectivity index (χ3n) is 6.72. The monoisotopic (exact) mass is 581 g/mol. The molecule has 1 amide bonds. The summed E-state index contributed by atoms with van der Waals surface area (Å²) < 4.78 is 40.1. The highest BCUT2D eigenvalue weighted by Gasteiger charge is 2.22. The van der Waals surface area contributed by atoms with E-state index in [9.17, 15) is 13.2 Å². The van der Waals surface area contributed by atoms with E-state index < -0.39 is 10.0 Å². The minimum atomic E-state index is -3.81. The van der Waals surface area contributed by atoms with Crippen LogP contribution in [0.5, 0.6) is 11.5 Å². The van der Waals surface area contributed by atoms with Crippen LogP contribution < -0.4 is 24.4 Å². The van der Waals surface area contributed by atoms with Gasteiger partial charge < -0.3 is 19.7 Å². The van der Waals surface area contributed by atoms with E-state index >= 15 is 0 Å². The van der Waals surface area contributed by atoms with Gasteiger partial charge in [-0.05, 0) is 36.4 Å². The Kier molecular flexibility index (Phi) is 8.38. The molecule has 0 aliphatic carbocycles. The van der Waals surface area contributed by atoms with Crippen LogP contribution in [-0.2, 0) is 10.0 Å². The number of para-hydroxylation sites is 1. The number of fused-ring (bicyclic) bond motifs is 1. The fourth-order valence-electron chi connectivity index (χ4n) is 4.59. The van der Waals surface area contributed by atoms with Gasteiger partial charge in [0.2, 0.25) is 0 Å². The third-order valence-corrected chi connectivity index (χ3v) is 9.18. The molecule has 5 rings (SSSR count). The fourth-order valence-corrected chi connectivity index (χ4v) is 6.71. The Hall–Kier alpha value is -3.87. The molecule has 0 atom stereocenters. The first-order valence-corrected chi connectivity index (χ1v) is 15.1. The van der Waals surface area contributed by atoms with Gasteiger partial charge in [-0.15, -0.1) is 0 Å². The number of thiazole rings is 1. The van der Waals surface area contributed by atoms with E-state index in [0.29, 0.717) is 24.6 Å². The van der Waals surface area contributed by atoms with Crippen molar-refractivity contribution in [3.05, 3.63) is 72.3 Å². The van der Waals surface area contributed by atoms with Crippen molar-refractivity contribution in [1.82, 2.24) is 15.2 Å². The van der Waals surface area contributed by atoms with Crippen LogP contribution >= 0.6 is 11.3 Å². The largest absolute Gasteiger partial charge is 0.493 e. The number of methoxy groups -OCH3 is 2. The quantitative estimate of drug-likeness (QED) is 0.292. The third kappa shape index (κ3) is 5.98. The highest BCUT2D eigenvalue weighted by molar-refractivity contribution is 7.92. The van der Waals surface area contributed by atoms with Crippen molar-refractivity contribution in [2.24, 2.45) is 0 Å². The Labute approximate surface area is 237 Å². The number of carbonyl (C=O) groups excluding carboxylic acids is 1. The van der Waals surface area contributed by atoms with Gasteiger partial charge in [0.15, 0.2) is 16.6 Å². The Morgan fingerprint density at radius 1 is 0.950 bits per heavy atom. The van der Waals surface area contributed by atoms with Gasteiger partial charge in [0.05, 0.1) is 35.1 Å². The van der Waals surface area contributed by atoms with E-state index in [1.54, 1.807) is 68.0 Å². The highest BCUT2D eigenvalue weighted by Crippen LogP contribution is 2.40. The van der Waals surface area contributed by atoms with Crippen molar-refractivity contribution in [2.45, 2.75) is 4.90 Å². The summed E-state index contributed by atoms with van der Waals surface area (Å²) in [7, 11) is -0.575. The van der Waals surface area contributed by atoms with Gasteiger partial charge in [0, 0.05) is 39.3 Å². The molecular weight excluding hydrogens is 550 g/mol. The first-order chi connectivity index (χ1) is 19.4. The molecule has 0 radical (unpaired) electrons. The van der Waals surface area contributed by atoms with Crippen molar-refractivity contribution < 1.29 is 22.7 Å². The average molecular weight is 582 g/mol. The summed E-state index contributed by atoms with van der Waals surface area (Å²) in [6.45, 7) is 4.42. The lowest BCUT2D eigenvalue weighted by Gasteiger charge is -2.34. The summed E-state index contributed by atoms with van der Waals surface area (Å²) in [6.07, 6.45) is 0. The smallest absolute Gasteiger partial charge is 0.261 e. The van der Waals surface area contributed by atoms with Crippen molar-refractivity contribution in [1.29, 1.82) is 0 Å². The Balaban J connectivity index is 1.14. The highest BCUT2D eigenvalue weighted by atomic mass is 32.2. The second-order valence-electron chi connectivity index (χ2n) is 9.19. The van der Waals surface area contributed by atoms with Crippen molar-refractivity contribution >= 4 is 48.3 Å². The number of benzene rings is 3. The van der Waals surface area contributed by atoms with Gasteiger partial charge in [0.1, 0.15) is 5.52 Å². The standard InChI is InChI=1S/C28H31N5O5S2/c1-37-23-12-13-24-25(26(23)38-2)30-28(39-24)33-18-16-32(17-19-33)15-14-29-27(34)21-10-6-7-11-22(21)31-40(35,36)20-8-4-3-5-9-20/h3-13,31H,14-19H2,1-2H3,(H,29,34). The van der Waals surface area contributed by atoms with Crippen LogP contribution in [0, 0.1) is 0 Å². The molecule has 0 spiro atoms. The Morgan fingerprint density at radius 2 is 1.68 bits per heavy atom. The first-order valence-electron chi connectivity index (χ1n) is 12.8. The molecule has 2 N–H and O–H groups in total. The molecule has 3 aromatic carbocycles. The molecular formula is C28H31N5O5S2. The second-order valence-corrected chi connectivity index (χ2v) is 11.9. The van der Waals surface area contributed by atoms with E-state index in [1.807, 2.05) is 12.1 Å². The lowest BCUT2D eigenvalue weighted by molar-refractivity contribution is 0.0948. The van der Waals surface area contributed by atoms with Gasteiger partial charge in [0.25, 0.3) is 15.9 Å². The molecule has 1 saturated heterocycles. The molecule has 2 heterocycles. The number of anilines is 2. The molecule has 210 valence electrons. The minimum Gasteiger partial charge on any atom is -0.493 e. The van der Waals surface area contributed by atoms with Crippen LogP contribution in [0.2, 0.25) is 0 Å². The summed E-state index contributed by atoms with van der Waals surface area (Å²) >= 11 is 1.63. The van der Waals surface area contributed by atoms with E-state index in [1.165, 1.54) is 12.1 Å². The molecule has 4 aromatic rings. The van der Waals surface area contributed by atoms with Crippen molar-refractivity contribution in [3.63, 3.8) is 0 Å². The summed E-state index contributed by atoms with van der Waals surface area (Å²) in [5, 5.41) is 3.88. The molecule has 40 heavy (non-hydrogen) atoms. The predicted molar refractivity (Wildman–Crippen MR) is 157 cm³/mol. The molecule has 10 nitrogen and oxygen atoms in total. The van der Waals surface area contributed by atoms with Gasteiger partial charge in [-0.2, -0.15) is 0 Å². The van der Waals surface area contributed by atoms with Crippen molar-refractivity contribution in [2.75, 3.05) is 63.1 Å². The van der Waals surface area contributed by atoms with Gasteiger partial charge in [-0.1, -0.05) is 41.7 Å². The first kappa shape index (κ1) is 27.7. The number of nitrogens with zero attached hydrogens (tertiary/aromatic N) is 3. The zero-order valence-corrected chi connectivity index (χ0v) is 23.9. The predicted octanol–water partition coefficient (Wildman–Crippen LogP) is 3.67. The maximum atomic E-state index is 13.0. The molecule has 1 aromatic heterocycles. The van der Waals surface area contributed by atoms with Gasteiger partial charge in [-0.25, -0.2) is 13.4 Å². The van der Waals surface area contributed by atoms with Crippen LogP contribution in [0.1, 0.15) is 10.4 Å². The zero-order chi connectivity index (χ0) is 28.1. The molecule has 1 aliphatic rings. The number of hydrogen-bond donors (Lipinski definition) is 2. The summed E-state index contributed by atoms with van der Waals surface area (Å²) in [6, 6.07) is 18.6. The normalized spacial score (nSPS) is 14.2. The number of amides is 1. The second kappa shape index (κ2) is 12.1. The number of hydrogen-bond acceptors (Lipinski definition) is 9. The summed E-state index contributed by atoms with van der Waals surface area (Å²) in [5.41, 5.74) is 1.32. The number of sulfonamides is 1. The van der Waals surface area contributed by atoms with Gasteiger partial charge in [-0.3, -0.25) is 14.4 Å². The van der Waals surface area contributed by atoms with Crippen molar-refractivity contribution in [3.8, 4) is 11.5 Å². The van der Waals surface area contributed by atoms with Gasteiger partial charge >= 0.3 is 0 Å². The van der Waals surface area contributed by atoms with Crippen LogP contribution in [0.15, 0.2) is 71.6 Å². The molecule has 0 bridgehead atoms. The molecule has 0 unspecified atom stereocenters. The maximum absolute atomic E-state index is 13.0. The number of aromatic nitrogens is 1. The van der Waals surface area contributed by atoms with Crippen LogP contribution in [0.4, 0.5) is 10.8 Å². The fraction of sp³-hybridized carbons (Fsp3) is 0.286. The topological polar surface area (TPSA) is 113 Å². The van der Waals surface area contributed by atoms with E-state index in [0.717, 1.165) is 41.5 Å². The zero-order valence-electron chi connectivity index (χ0n) is 22.3. The van der Waals surface area contributed by atoms with Crippen LogP contribution in [0.25, 0.3) is 10.2 Å². The van der Waals surface area contributed by atoms with Crippen LogP contribution in [-0.4, -0.2) is 77.7 Å². The van der Waals surface area contributed by atoms with E-state index in [2.05, 4.69) is 19.8 Å². The lowest BCUT2D eigenvalue weighted by Crippen LogP contribution is -2.48. The average Bonchev–Trinajstić information content (AvgIpc) is 3.42. The molecule has 12 heteroatoms. The Morgan fingerprint density at radius 3 is 2.40 bits per heavy atom.